The van der Waals surface area contributed by atoms with Gasteiger partial charge in [-0.15, -0.1) is 0 Å². The summed E-state index contributed by atoms with van der Waals surface area (Å²) in [6.07, 6.45) is 0. The third-order valence-corrected chi connectivity index (χ3v) is 2.91. The molecule has 0 saturated carbocycles. The van der Waals surface area contributed by atoms with Gasteiger partial charge in [-0.1, -0.05) is 47.5 Å². The second kappa shape index (κ2) is 6.31. The molecule has 0 amide bonds. The van der Waals surface area contributed by atoms with Gasteiger partial charge < -0.3 is 4.74 Å². The van der Waals surface area contributed by atoms with Crippen molar-refractivity contribution in [3.63, 3.8) is 0 Å². The predicted octanol–water partition coefficient (Wildman–Crippen LogP) is 4.52. The molecule has 0 spiro atoms. The van der Waals surface area contributed by atoms with Crippen molar-refractivity contribution in [2.75, 3.05) is 0 Å². The molecule has 0 bridgehead atoms. The van der Waals surface area contributed by atoms with Crippen molar-refractivity contribution in [3.05, 3.63) is 71.0 Å². The summed E-state index contributed by atoms with van der Waals surface area (Å²) in [5.41, 5.74) is 1.88. The van der Waals surface area contributed by atoms with Crippen molar-refractivity contribution in [2.24, 2.45) is 0 Å². The summed E-state index contributed by atoms with van der Waals surface area (Å²) in [5.74, 6) is -3.96. The molecule has 0 unspecified atom stereocenters. The highest BCUT2D eigenvalue weighted by Crippen LogP contribution is 2.23. The molecule has 0 fully saturated rings. The van der Waals surface area contributed by atoms with E-state index in [2.05, 4.69) is 0 Å². The summed E-state index contributed by atoms with van der Waals surface area (Å²) >= 11 is 0. The molecule has 2 rings (SSSR count). The molecule has 2 aromatic carbocycles. The first-order valence-corrected chi connectivity index (χ1v) is 6.38. The zero-order valence-electron chi connectivity index (χ0n) is 11.7. The van der Waals surface area contributed by atoms with Crippen LogP contribution in [-0.2, 0) is 4.79 Å². The molecular formula is C17H14F2O2. The van der Waals surface area contributed by atoms with Crippen LogP contribution in [0.2, 0.25) is 0 Å². The number of esters is 1. The standard InChI is InChI=1S/C17H14F2O2/c1-11-3-7-13(8-4-11)15(18)16(19)17(20)21-14-9-5-12(2)6-10-14/h3-10H,1-2H3/b16-15+. The Morgan fingerprint density at radius 3 is 1.86 bits per heavy atom. The molecule has 0 saturated heterocycles. The summed E-state index contributed by atoms with van der Waals surface area (Å²) in [7, 11) is 0. The van der Waals surface area contributed by atoms with Gasteiger partial charge in [0.2, 0.25) is 5.83 Å². The SMILES string of the molecule is Cc1ccc(OC(=O)/C(F)=C(\F)c2ccc(C)cc2)cc1. The number of hydrogen-bond donors (Lipinski definition) is 0. The lowest BCUT2D eigenvalue weighted by atomic mass is 10.1. The van der Waals surface area contributed by atoms with Crippen molar-refractivity contribution in [1.82, 2.24) is 0 Å². The number of rotatable bonds is 3. The number of carbonyl (C=O) groups is 1. The topological polar surface area (TPSA) is 26.3 Å². The lowest BCUT2D eigenvalue weighted by molar-refractivity contribution is -0.131. The van der Waals surface area contributed by atoms with Crippen LogP contribution >= 0.6 is 0 Å². The maximum atomic E-state index is 13.9. The van der Waals surface area contributed by atoms with E-state index in [1.165, 1.54) is 24.3 Å². The number of aryl methyl sites for hydroxylation is 2. The minimum absolute atomic E-state index is 0.000967. The average molecular weight is 288 g/mol. The number of carbonyl (C=O) groups excluding carboxylic acids is 1. The van der Waals surface area contributed by atoms with Crippen LogP contribution in [0.4, 0.5) is 8.78 Å². The van der Waals surface area contributed by atoms with Crippen molar-refractivity contribution >= 4 is 11.8 Å². The minimum atomic E-state index is -1.54. The van der Waals surface area contributed by atoms with Gasteiger partial charge in [0, 0.05) is 5.56 Å². The van der Waals surface area contributed by atoms with E-state index in [1.54, 1.807) is 24.3 Å². The normalized spacial score (nSPS) is 11.8. The van der Waals surface area contributed by atoms with Gasteiger partial charge in [0.1, 0.15) is 5.75 Å². The summed E-state index contributed by atoms with van der Waals surface area (Å²) in [6.45, 7) is 3.69. The molecule has 0 aliphatic heterocycles. The largest absolute Gasteiger partial charge is 0.421 e. The molecule has 0 aromatic heterocycles. The second-order valence-corrected chi connectivity index (χ2v) is 4.70. The van der Waals surface area contributed by atoms with Crippen LogP contribution < -0.4 is 4.74 Å². The van der Waals surface area contributed by atoms with Gasteiger partial charge in [0.05, 0.1) is 0 Å². The van der Waals surface area contributed by atoms with Gasteiger partial charge in [-0.05, 0) is 26.0 Å². The molecule has 0 aliphatic carbocycles. The fourth-order valence-corrected chi connectivity index (χ4v) is 1.67. The first-order chi connectivity index (χ1) is 9.97. The maximum Gasteiger partial charge on any atom is 0.375 e. The summed E-state index contributed by atoms with van der Waals surface area (Å²) in [4.78, 5) is 11.6. The van der Waals surface area contributed by atoms with Gasteiger partial charge in [-0.25, -0.2) is 9.18 Å². The fraction of sp³-hybridized carbons (Fsp3) is 0.118. The Balaban J connectivity index is 2.19. The van der Waals surface area contributed by atoms with Gasteiger partial charge in [-0.2, -0.15) is 4.39 Å². The summed E-state index contributed by atoms with van der Waals surface area (Å²) in [6, 6.07) is 12.5. The fourth-order valence-electron chi connectivity index (χ4n) is 1.67. The monoisotopic (exact) mass is 288 g/mol. The van der Waals surface area contributed by atoms with E-state index in [4.69, 9.17) is 4.74 Å². The number of ether oxygens (including phenoxy) is 1. The van der Waals surface area contributed by atoms with Crippen LogP contribution in [0.15, 0.2) is 54.4 Å². The molecule has 0 radical (unpaired) electrons. The van der Waals surface area contributed by atoms with E-state index in [-0.39, 0.29) is 11.3 Å². The highest BCUT2D eigenvalue weighted by atomic mass is 19.2. The third-order valence-electron chi connectivity index (χ3n) is 2.91. The van der Waals surface area contributed by atoms with Crippen LogP contribution in [0.5, 0.6) is 5.75 Å². The van der Waals surface area contributed by atoms with Crippen molar-refractivity contribution < 1.29 is 18.3 Å². The zero-order chi connectivity index (χ0) is 15.4. The van der Waals surface area contributed by atoms with Crippen molar-refractivity contribution in [3.8, 4) is 5.75 Å². The van der Waals surface area contributed by atoms with E-state index < -0.39 is 17.6 Å². The quantitative estimate of drug-likeness (QED) is 0.471. The van der Waals surface area contributed by atoms with E-state index >= 15 is 0 Å². The van der Waals surface area contributed by atoms with Crippen LogP contribution in [-0.4, -0.2) is 5.97 Å². The van der Waals surface area contributed by atoms with Crippen molar-refractivity contribution in [1.29, 1.82) is 0 Å². The highest BCUT2D eigenvalue weighted by Gasteiger charge is 2.19. The molecule has 0 N–H and O–H groups in total. The Hall–Kier alpha value is -2.49. The molecule has 0 atom stereocenters. The molecule has 108 valence electrons. The molecule has 4 heteroatoms. The smallest absolute Gasteiger partial charge is 0.375 e. The molecule has 21 heavy (non-hydrogen) atoms. The Kier molecular flexibility index (Phi) is 4.48. The van der Waals surface area contributed by atoms with Gasteiger partial charge in [-0.3, -0.25) is 0 Å². The number of benzene rings is 2. The summed E-state index contributed by atoms with van der Waals surface area (Å²) < 4.78 is 32.4. The highest BCUT2D eigenvalue weighted by molar-refractivity contribution is 5.94. The van der Waals surface area contributed by atoms with E-state index in [0.717, 1.165) is 11.1 Å². The number of halogens is 2. The maximum absolute atomic E-state index is 13.9. The van der Waals surface area contributed by atoms with Gasteiger partial charge in [0.15, 0.2) is 5.83 Å². The zero-order valence-corrected chi connectivity index (χ0v) is 11.7. The van der Waals surface area contributed by atoms with Gasteiger partial charge >= 0.3 is 5.97 Å². The first-order valence-electron chi connectivity index (χ1n) is 6.38. The van der Waals surface area contributed by atoms with Crippen LogP contribution in [0, 0.1) is 13.8 Å². The molecule has 2 aromatic rings. The van der Waals surface area contributed by atoms with E-state index in [0.29, 0.717) is 0 Å². The predicted molar refractivity (Wildman–Crippen MR) is 77.1 cm³/mol. The average Bonchev–Trinajstić information content (AvgIpc) is 2.49. The molecule has 2 nitrogen and oxygen atoms in total. The van der Waals surface area contributed by atoms with Crippen LogP contribution in [0.1, 0.15) is 16.7 Å². The summed E-state index contributed by atoms with van der Waals surface area (Å²) in [5, 5.41) is 0. The van der Waals surface area contributed by atoms with Crippen molar-refractivity contribution in [2.45, 2.75) is 13.8 Å². The van der Waals surface area contributed by atoms with Gasteiger partial charge in [0.25, 0.3) is 0 Å². The first kappa shape index (κ1) is 14.9. The minimum Gasteiger partial charge on any atom is -0.421 e. The second-order valence-electron chi connectivity index (χ2n) is 4.70. The van der Waals surface area contributed by atoms with E-state index in [9.17, 15) is 13.6 Å². The van der Waals surface area contributed by atoms with E-state index in [1.807, 2.05) is 13.8 Å². The van der Waals surface area contributed by atoms with Crippen LogP contribution in [0.3, 0.4) is 0 Å². The lowest BCUT2D eigenvalue weighted by Gasteiger charge is -2.04. The molecule has 0 aliphatic rings. The Morgan fingerprint density at radius 2 is 1.33 bits per heavy atom. The van der Waals surface area contributed by atoms with Crippen LogP contribution in [0.25, 0.3) is 5.83 Å². The Labute approximate surface area is 121 Å². The number of hydrogen-bond acceptors (Lipinski definition) is 2. The third kappa shape index (κ3) is 3.75. The molecular weight excluding hydrogens is 274 g/mol. The Bertz CT molecular complexity index is 671. The Morgan fingerprint density at radius 1 is 0.857 bits per heavy atom. The molecule has 0 heterocycles. The lowest BCUT2D eigenvalue weighted by Crippen LogP contribution is -2.09.